The molecule has 1 fully saturated rings. The Morgan fingerprint density at radius 3 is 1.96 bits per heavy atom. The smallest absolute Gasteiger partial charge is 0.00903 e. The minimum absolute atomic E-state index is 0.272. The molecule has 1 aliphatic rings. The van der Waals surface area contributed by atoms with E-state index in [0.29, 0.717) is 16.9 Å². The van der Waals surface area contributed by atoms with E-state index in [1.807, 2.05) is 0 Å². The van der Waals surface area contributed by atoms with Crippen molar-refractivity contribution < 1.29 is 0 Å². The first-order valence-corrected chi connectivity index (χ1v) is 10.1. The van der Waals surface area contributed by atoms with Gasteiger partial charge < -0.3 is 5.73 Å². The number of rotatable bonds is 10. The summed E-state index contributed by atoms with van der Waals surface area (Å²) in [5.74, 6) is 2.58. The van der Waals surface area contributed by atoms with Crippen molar-refractivity contribution in [2.45, 2.75) is 107 Å². The molecule has 0 radical (unpaired) electrons. The van der Waals surface area contributed by atoms with Gasteiger partial charge in [0, 0.05) is 6.04 Å². The van der Waals surface area contributed by atoms with E-state index < -0.39 is 0 Å². The molecule has 2 N–H and O–H groups in total. The van der Waals surface area contributed by atoms with Gasteiger partial charge in [0.15, 0.2) is 0 Å². The predicted octanol–water partition coefficient (Wildman–Crippen LogP) is 6.65. The first kappa shape index (κ1) is 21.0. The highest BCUT2D eigenvalue weighted by molar-refractivity contribution is 5.02. The molecule has 0 aromatic carbocycles. The van der Waals surface area contributed by atoms with Crippen LogP contribution in [0.3, 0.4) is 0 Å². The minimum Gasteiger partial charge on any atom is -0.327 e. The molecule has 0 spiro atoms. The molecule has 1 rings (SSSR count). The van der Waals surface area contributed by atoms with Crippen molar-refractivity contribution >= 4 is 0 Å². The Hall–Kier alpha value is -0.0400. The molecule has 0 heterocycles. The maximum absolute atomic E-state index is 6.60. The van der Waals surface area contributed by atoms with E-state index in [2.05, 4.69) is 62.3 Å². The topological polar surface area (TPSA) is 26.0 Å². The highest BCUT2D eigenvalue weighted by Crippen LogP contribution is 2.60. The zero-order valence-corrected chi connectivity index (χ0v) is 17.6. The summed E-state index contributed by atoms with van der Waals surface area (Å²) in [6.07, 6.45) is 7.69. The minimum atomic E-state index is 0.272. The monoisotopic (exact) mass is 323 g/mol. The van der Waals surface area contributed by atoms with Gasteiger partial charge in [0.25, 0.3) is 0 Å². The molecule has 1 aliphatic carbocycles. The van der Waals surface area contributed by atoms with E-state index in [4.69, 9.17) is 5.73 Å². The first-order chi connectivity index (χ1) is 10.4. The van der Waals surface area contributed by atoms with Crippen LogP contribution in [-0.4, -0.2) is 6.04 Å². The van der Waals surface area contributed by atoms with Gasteiger partial charge >= 0.3 is 0 Å². The summed E-state index contributed by atoms with van der Waals surface area (Å²) >= 11 is 0. The Morgan fingerprint density at radius 1 is 1.04 bits per heavy atom. The van der Waals surface area contributed by atoms with Crippen LogP contribution in [-0.2, 0) is 0 Å². The van der Waals surface area contributed by atoms with Crippen molar-refractivity contribution in [1.82, 2.24) is 0 Å². The summed E-state index contributed by atoms with van der Waals surface area (Å²) in [6, 6.07) is 0.345. The van der Waals surface area contributed by atoms with Crippen LogP contribution in [0.5, 0.6) is 0 Å². The lowest BCUT2D eigenvalue weighted by Gasteiger charge is -2.35. The van der Waals surface area contributed by atoms with Crippen molar-refractivity contribution in [2.24, 2.45) is 39.7 Å². The van der Waals surface area contributed by atoms with Gasteiger partial charge in [-0.2, -0.15) is 0 Å². The number of hydrogen-bond donors (Lipinski definition) is 1. The summed E-state index contributed by atoms with van der Waals surface area (Å²) in [5.41, 5.74) is 7.89. The van der Waals surface area contributed by atoms with E-state index in [1.54, 1.807) is 0 Å². The zero-order valence-electron chi connectivity index (χ0n) is 17.6. The summed E-state index contributed by atoms with van der Waals surface area (Å²) < 4.78 is 0. The van der Waals surface area contributed by atoms with Crippen molar-refractivity contribution in [3.8, 4) is 0 Å². The molecular formula is C22H45N. The Balaban J connectivity index is 2.37. The lowest BCUT2D eigenvalue weighted by atomic mass is 9.72. The molecule has 1 heteroatoms. The Labute approximate surface area is 147 Å². The molecule has 4 atom stereocenters. The van der Waals surface area contributed by atoms with E-state index in [0.717, 1.165) is 17.8 Å². The second kappa shape index (κ2) is 7.46. The van der Waals surface area contributed by atoms with Crippen LogP contribution < -0.4 is 5.73 Å². The van der Waals surface area contributed by atoms with Crippen molar-refractivity contribution in [2.75, 3.05) is 0 Å². The van der Waals surface area contributed by atoms with Gasteiger partial charge in [0.1, 0.15) is 0 Å². The standard InChI is InChI=1S/C22H45N/c1-10-16(2)20(4,5)14-11-15-21(6,7)19(23)13-12-18-17(3)22(18,8)9/h16-19H,10-15,23H2,1-9H3. The van der Waals surface area contributed by atoms with Crippen LogP contribution in [0.1, 0.15) is 101 Å². The largest absolute Gasteiger partial charge is 0.327 e. The Kier molecular flexibility index (Phi) is 6.81. The number of nitrogens with two attached hydrogens (primary N) is 1. The quantitative estimate of drug-likeness (QED) is 0.478. The average Bonchev–Trinajstić information content (AvgIpc) is 2.92. The van der Waals surface area contributed by atoms with Crippen LogP contribution in [0.2, 0.25) is 0 Å². The van der Waals surface area contributed by atoms with Gasteiger partial charge in [-0.15, -0.1) is 0 Å². The van der Waals surface area contributed by atoms with Gasteiger partial charge in [-0.25, -0.2) is 0 Å². The van der Waals surface area contributed by atoms with Crippen LogP contribution in [0.4, 0.5) is 0 Å². The van der Waals surface area contributed by atoms with Gasteiger partial charge in [-0.05, 0) is 59.7 Å². The molecule has 138 valence electrons. The zero-order chi connectivity index (χ0) is 18.1. The fraction of sp³-hybridized carbons (Fsp3) is 1.00. The van der Waals surface area contributed by atoms with Crippen LogP contribution >= 0.6 is 0 Å². The molecule has 0 amide bonds. The molecule has 0 saturated heterocycles. The summed E-state index contributed by atoms with van der Waals surface area (Å²) in [5, 5.41) is 0. The molecule has 23 heavy (non-hydrogen) atoms. The summed E-state index contributed by atoms with van der Waals surface area (Å²) in [6.45, 7) is 21.6. The lowest BCUT2D eigenvalue weighted by Crippen LogP contribution is -2.37. The predicted molar refractivity (Wildman–Crippen MR) is 105 cm³/mol. The van der Waals surface area contributed by atoms with E-state index >= 15 is 0 Å². The third kappa shape index (κ3) is 5.21. The van der Waals surface area contributed by atoms with Crippen LogP contribution in [0.15, 0.2) is 0 Å². The third-order valence-corrected chi connectivity index (χ3v) is 8.00. The van der Waals surface area contributed by atoms with Crippen LogP contribution in [0, 0.1) is 34.0 Å². The molecule has 0 aromatic heterocycles. The molecule has 1 saturated carbocycles. The molecule has 0 aliphatic heterocycles. The van der Waals surface area contributed by atoms with Gasteiger partial charge in [0.05, 0.1) is 0 Å². The molecule has 0 bridgehead atoms. The maximum atomic E-state index is 6.60. The normalized spacial score (nSPS) is 26.9. The highest BCUT2D eigenvalue weighted by Gasteiger charge is 2.53. The number of hydrogen-bond acceptors (Lipinski definition) is 1. The third-order valence-electron chi connectivity index (χ3n) is 8.00. The van der Waals surface area contributed by atoms with Crippen molar-refractivity contribution in [1.29, 1.82) is 0 Å². The Morgan fingerprint density at radius 2 is 1.52 bits per heavy atom. The highest BCUT2D eigenvalue weighted by atomic mass is 14.7. The molecule has 1 nitrogen and oxygen atoms in total. The van der Waals surface area contributed by atoms with E-state index in [9.17, 15) is 0 Å². The molecular weight excluding hydrogens is 278 g/mol. The summed E-state index contributed by atoms with van der Waals surface area (Å²) in [7, 11) is 0. The van der Waals surface area contributed by atoms with Crippen molar-refractivity contribution in [3.05, 3.63) is 0 Å². The van der Waals surface area contributed by atoms with Gasteiger partial charge in [0.2, 0.25) is 0 Å². The van der Waals surface area contributed by atoms with Crippen LogP contribution in [0.25, 0.3) is 0 Å². The molecule has 0 aromatic rings. The second-order valence-electron chi connectivity index (χ2n) is 10.5. The SMILES string of the molecule is CCC(C)C(C)(C)CCCC(C)(C)C(N)CCC1C(C)C1(C)C. The van der Waals surface area contributed by atoms with Gasteiger partial charge in [-0.3, -0.25) is 0 Å². The fourth-order valence-corrected chi connectivity index (χ4v) is 4.37. The Bertz CT molecular complexity index is 366. The fourth-order valence-electron chi connectivity index (χ4n) is 4.37. The maximum Gasteiger partial charge on any atom is 0.00903 e. The van der Waals surface area contributed by atoms with E-state index in [-0.39, 0.29) is 5.41 Å². The average molecular weight is 324 g/mol. The molecule has 4 unspecified atom stereocenters. The first-order valence-electron chi connectivity index (χ1n) is 10.1. The second-order valence-corrected chi connectivity index (χ2v) is 10.5. The van der Waals surface area contributed by atoms with E-state index in [1.165, 1.54) is 38.5 Å². The van der Waals surface area contributed by atoms with Gasteiger partial charge in [-0.1, -0.05) is 75.2 Å². The summed E-state index contributed by atoms with van der Waals surface area (Å²) in [4.78, 5) is 0. The van der Waals surface area contributed by atoms with Crippen molar-refractivity contribution in [3.63, 3.8) is 0 Å². The lowest BCUT2D eigenvalue weighted by molar-refractivity contribution is 0.173.